The van der Waals surface area contributed by atoms with Crippen LogP contribution in [0.1, 0.15) is 13.8 Å². The van der Waals surface area contributed by atoms with Crippen molar-refractivity contribution in [1.82, 2.24) is 10.2 Å². The lowest BCUT2D eigenvalue weighted by Crippen LogP contribution is -2.41. The van der Waals surface area contributed by atoms with Crippen molar-refractivity contribution >= 4 is 64.3 Å². The quantitative estimate of drug-likeness (QED) is 0.560. The number of urea groups is 1. The maximum absolute atomic E-state index is 12.0. The van der Waals surface area contributed by atoms with Crippen LogP contribution in [-0.2, 0) is 19.1 Å². The van der Waals surface area contributed by atoms with Gasteiger partial charge in [-0.25, -0.2) is 4.79 Å². The molecule has 1 aromatic rings. The summed E-state index contributed by atoms with van der Waals surface area (Å²) in [7, 11) is 0. The number of hydrogen-bond donors (Lipinski definition) is 2. The van der Waals surface area contributed by atoms with E-state index < -0.39 is 42.5 Å². The molecule has 0 atom stereocenters. The lowest BCUT2D eigenvalue weighted by atomic mass is 10.1. The van der Waals surface area contributed by atoms with Gasteiger partial charge in [0, 0.05) is 5.02 Å². The van der Waals surface area contributed by atoms with Crippen LogP contribution in [0.3, 0.4) is 0 Å². The standard InChI is InChI=1S/C15H14Cl3N3O5/c1-15(2)13(24)21(14(25)20-15)5-11(23)26-6-10(22)19-12-8(17)3-7(16)4-9(12)18/h3-4H,5-6H2,1-2H3,(H,19,22)(H,20,25). The second kappa shape index (κ2) is 7.69. The summed E-state index contributed by atoms with van der Waals surface area (Å²) in [6.45, 7) is 1.75. The Bertz CT molecular complexity index is 774. The molecule has 0 aliphatic carbocycles. The van der Waals surface area contributed by atoms with Gasteiger partial charge in [-0.15, -0.1) is 0 Å². The van der Waals surface area contributed by atoms with Crippen LogP contribution >= 0.6 is 34.8 Å². The van der Waals surface area contributed by atoms with Gasteiger partial charge in [-0.2, -0.15) is 0 Å². The number of esters is 1. The van der Waals surface area contributed by atoms with Gasteiger partial charge in [-0.3, -0.25) is 19.3 Å². The number of carbonyl (C=O) groups excluding carboxylic acids is 4. The Morgan fingerprint density at radius 2 is 1.77 bits per heavy atom. The van der Waals surface area contributed by atoms with Crippen LogP contribution in [0.2, 0.25) is 15.1 Å². The van der Waals surface area contributed by atoms with Gasteiger partial charge in [0.1, 0.15) is 12.1 Å². The van der Waals surface area contributed by atoms with E-state index in [2.05, 4.69) is 10.6 Å². The van der Waals surface area contributed by atoms with Crippen molar-refractivity contribution in [3.8, 4) is 0 Å². The topological polar surface area (TPSA) is 105 Å². The monoisotopic (exact) mass is 421 g/mol. The normalized spacial score (nSPS) is 15.7. The lowest BCUT2D eigenvalue weighted by molar-refractivity contribution is -0.150. The molecular formula is C15H14Cl3N3O5. The number of nitrogens with one attached hydrogen (secondary N) is 2. The number of imide groups is 1. The summed E-state index contributed by atoms with van der Waals surface area (Å²) < 4.78 is 4.77. The summed E-state index contributed by atoms with van der Waals surface area (Å²) in [4.78, 5) is 48.0. The Kier molecular flexibility index (Phi) is 6.00. The Morgan fingerprint density at radius 1 is 1.19 bits per heavy atom. The molecule has 1 heterocycles. The van der Waals surface area contributed by atoms with E-state index >= 15 is 0 Å². The van der Waals surface area contributed by atoms with E-state index in [4.69, 9.17) is 39.5 Å². The highest BCUT2D eigenvalue weighted by Gasteiger charge is 2.45. The average Bonchev–Trinajstić information content (AvgIpc) is 2.70. The highest BCUT2D eigenvalue weighted by molar-refractivity contribution is 6.42. The maximum atomic E-state index is 12.0. The predicted molar refractivity (Wildman–Crippen MR) is 95.4 cm³/mol. The zero-order valence-corrected chi connectivity index (χ0v) is 16.0. The van der Waals surface area contributed by atoms with E-state index in [1.807, 2.05) is 0 Å². The first-order valence-corrected chi connectivity index (χ1v) is 8.39. The molecule has 0 unspecified atom stereocenters. The van der Waals surface area contributed by atoms with Gasteiger partial charge in [0.05, 0.1) is 15.7 Å². The number of amides is 4. The molecule has 1 aliphatic rings. The molecule has 1 aromatic carbocycles. The number of anilines is 1. The molecule has 1 fully saturated rings. The van der Waals surface area contributed by atoms with Gasteiger partial charge in [-0.1, -0.05) is 34.8 Å². The third-order valence-electron chi connectivity index (χ3n) is 3.37. The fraction of sp³-hybridized carbons (Fsp3) is 0.333. The van der Waals surface area contributed by atoms with Crippen LogP contribution in [0.4, 0.5) is 10.5 Å². The van der Waals surface area contributed by atoms with Gasteiger partial charge in [0.25, 0.3) is 11.8 Å². The van der Waals surface area contributed by atoms with Crippen LogP contribution in [0, 0.1) is 0 Å². The van der Waals surface area contributed by atoms with Gasteiger partial charge in [0.2, 0.25) is 0 Å². The van der Waals surface area contributed by atoms with Crippen LogP contribution < -0.4 is 10.6 Å². The largest absolute Gasteiger partial charge is 0.454 e. The van der Waals surface area contributed by atoms with Gasteiger partial charge < -0.3 is 15.4 Å². The van der Waals surface area contributed by atoms with Crippen LogP contribution in [0.25, 0.3) is 0 Å². The Morgan fingerprint density at radius 3 is 2.27 bits per heavy atom. The van der Waals surface area contributed by atoms with E-state index in [0.29, 0.717) is 9.92 Å². The van der Waals surface area contributed by atoms with Crippen molar-refractivity contribution in [1.29, 1.82) is 0 Å². The third kappa shape index (κ3) is 4.57. The number of benzene rings is 1. The summed E-state index contributed by atoms with van der Waals surface area (Å²) in [6, 6.07) is 2.06. The fourth-order valence-corrected chi connectivity index (χ4v) is 3.03. The average molecular weight is 423 g/mol. The Hall–Kier alpha value is -2.03. The molecule has 2 rings (SSSR count). The van der Waals surface area contributed by atoms with Crippen molar-refractivity contribution in [2.75, 3.05) is 18.5 Å². The predicted octanol–water partition coefficient (Wildman–Crippen LogP) is 2.46. The minimum atomic E-state index is -1.10. The van der Waals surface area contributed by atoms with E-state index in [1.54, 1.807) is 0 Å². The smallest absolute Gasteiger partial charge is 0.326 e. The molecule has 2 N–H and O–H groups in total. The molecule has 8 nitrogen and oxygen atoms in total. The van der Waals surface area contributed by atoms with Crippen molar-refractivity contribution in [2.24, 2.45) is 0 Å². The SMILES string of the molecule is CC1(C)NC(=O)N(CC(=O)OCC(=O)Nc2c(Cl)cc(Cl)cc2Cl)C1=O. The van der Waals surface area contributed by atoms with Crippen molar-refractivity contribution < 1.29 is 23.9 Å². The van der Waals surface area contributed by atoms with Crippen LogP contribution in [0.15, 0.2) is 12.1 Å². The van der Waals surface area contributed by atoms with E-state index in [0.717, 1.165) is 0 Å². The van der Waals surface area contributed by atoms with Crippen LogP contribution in [0.5, 0.6) is 0 Å². The minimum Gasteiger partial charge on any atom is -0.454 e. The Balaban J connectivity index is 1.89. The summed E-state index contributed by atoms with van der Waals surface area (Å²) in [5.41, 5.74) is -0.980. The second-order valence-corrected chi connectivity index (χ2v) is 7.15. The number of halogens is 3. The van der Waals surface area contributed by atoms with E-state index in [9.17, 15) is 19.2 Å². The number of ether oxygens (including phenoxy) is 1. The molecule has 0 radical (unpaired) electrons. The van der Waals surface area contributed by atoms with Crippen molar-refractivity contribution in [3.05, 3.63) is 27.2 Å². The van der Waals surface area contributed by atoms with Gasteiger partial charge in [0.15, 0.2) is 6.61 Å². The van der Waals surface area contributed by atoms with Crippen molar-refractivity contribution in [2.45, 2.75) is 19.4 Å². The molecule has 1 aliphatic heterocycles. The molecule has 0 saturated carbocycles. The molecule has 26 heavy (non-hydrogen) atoms. The highest BCUT2D eigenvalue weighted by Crippen LogP contribution is 2.33. The second-order valence-electron chi connectivity index (χ2n) is 5.90. The summed E-state index contributed by atoms with van der Waals surface area (Å²) in [5, 5.41) is 5.33. The zero-order chi connectivity index (χ0) is 19.6. The molecule has 140 valence electrons. The molecule has 0 spiro atoms. The first kappa shape index (κ1) is 20.3. The first-order valence-electron chi connectivity index (χ1n) is 7.25. The fourth-order valence-electron chi connectivity index (χ4n) is 2.12. The third-order valence-corrected chi connectivity index (χ3v) is 4.18. The summed E-state index contributed by atoms with van der Waals surface area (Å²) >= 11 is 17.6. The number of carbonyl (C=O) groups is 4. The van der Waals surface area contributed by atoms with Crippen molar-refractivity contribution in [3.63, 3.8) is 0 Å². The minimum absolute atomic E-state index is 0.115. The summed E-state index contributed by atoms with van der Waals surface area (Å²) in [5.74, 6) is -2.19. The van der Waals surface area contributed by atoms with Gasteiger partial charge in [-0.05, 0) is 26.0 Å². The molecule has 1 saturated heterocycles. The van der Waals surface area contributed by atoms with Gasteiger partial charge >= 0.3 is 12.0 Å². The molecule has 0 aromatic heterocycles. The number of nitrogens with zero attached hydrogens (tertiary/aromatic N) is 1. The number of hydrogen-bond acceptors (Lipinski definition) is 5. The van der Waals surface area contributed by atoms with Crippen LogP contribution in [-0.4, -0.2) is 47.4 Å². The first-order chi connectivity index (χ1) is 12.0. The highest BCUT2D eigenvalue weighted by atomic mass is 35.5. The number of rotatable bonds is 5. The molecular weight excluding hydrogens is 409 g/mol. The zero-order valence-electron chi connectivity index (χ0n) is 13.7. The summed E-state index contributed by atoms with van der Waals surface area (Å²) in [6.07, 6.45) is 0. The molecule has 4 amide bonds. The van der Waals surface area contributed by atoms with E-state index in [1.165, 1.54) is 26.0 Å². The van der Waals surface area contributed by atoms with E-state index in [-0.39, 0.29) is 15.7 Å². The lowest BCUT2D eigenvalue weighted by Gasteiger charge is -2.15. The molecule has 11 heteroatoms. The maximum Gasteiger partial charge on any atom is 0.326 e. The molecule has 0 bridgehead atoms. The Labute approximate surface area is 163 Å².